The van der Waals surface area contributed by atoms with Crippen LogP contribution < -0.4 is 14.8 Å². The molecule has 1 fully saturated rings. The van der Waals surface area contributed by atoms with Crippen molar-refractivity contribution in [2.45, 2.75) is 19.8 Å². The molecule has 0 aromatic heterocycles. The second-order valence-corrected chi connectivity index (χ2v) is 6.58. The Morgan fingerprint density at radius 1 is 1.33 bits per heavy atom. The predicted octanol–water partition coefficient (Wildman–Crippen LogP) is 2.32. The number of piperidine rings is 1. The van der Waals surface area contributed by atoms with Crippen LogP contribution in [0.15, 0.2) is 24.3 Å². The Kier molecular flexibility index (Phi) is 5.75. The van der Waals surface area contributed by atoms with Gasteiger partial charge in [-0.3, -0.25) is 4.79 Å². The first-order chi connectivity index (χ1) is 11.7. The van der Waals surface area contributed by atoms with Crippen molar-refractivity contribution in [3.63, 3.8) is 0 Å². The first-order valence-corrected chi connectivity index (χ1v) is 8.78. The number of carbonyl (C=O) groups excluding carboxylic acids is 1. The Balaban J connectivity index is 1.43. The van der Waals surface area contributed by atoms with Gasteiger partial charge in [-0.05, 0) is 49.1 Å². The molecule has 2 aliphatic heterocycles. The number of nitrogens with zero attached hydrogens (tertiary/aromatic N) is 1. The molecule has 1 aromatic carbocycles. The number of hydrogen-bond donors (Lipinski definition) is 1. The molecule has 3 rings (SSSR count). The van der Waals surface area contributed by atoms with E-state index in [1.807, 2.05) is 18.2 Å². The average molecular weight is 330 g/mol. The van der Waals surface area contributed by atoms with Gasteiger partial charge in [0.05, 0.1) is 0 Å². The minimum absolute atomic E-state index is 0.0602. The summed E-state index contributed by atoms with van der Waals surface area (Å²) >= 11 is 0. The molecule has 0 aliphatic carbocycles. The lowest BCUT2D eigenvalue weighted by Gasteiger charge is -2.30. The lowest BCUT2D eigenvalue weighted by atomic mass is 10.0. The molecule has 0 radical (unpaired) electrons. The molecule has 5 heteroatoms. The minimum Gasteiger partial charge on any atom is -0.486 e. The third-order valence-electron chi connectivity index (χ3n) is 4.46. The van der Waals surface area contributed by atoms with Gasteiger partial charge in [0.15, 0.2) is 11.5 Å². The third-order valence-corrected chi connectivity index (χ3v) is 4.46. The first-order valence-electron chi connectivity index (χ1n) is 8.78. The molecule has 1 unspecified atom stereocenters. The molecule has 2 heterocycles. The number of amides is 1. The number of nitrogens with one attached hydrogen (secondary N) is 1. The molecule has 5 nitrogen and oxygen atoms in total. The van der Waals surface area contributed by atoms with Crippen LogP contribution in [0.3, 0.4) is 0 Å². The van der Waals surface area contributed by atoms with Crippen LogP contribution in [-0.2, 0) is 4.79 Å². The van der Waals surface area contributed by atoms with Gasteiger partial charge in [-0.15, -0.1) is 0 Å². The SMILES string of the molecule is CC1CCCN(CCNC(=O)/C=C/c2ccc3c(c2)OCCO3)C1. The summed E-state index contributed by atoms with van der Waals surface area (Å²) < 4.78 is 11.0. The highest BCUT2D eigenvalue weighted by atomic mass is 16.6. The lowest BCUT2D eigenvalue weighted by Crippen LogP contribution is -2.39. The van der Waals surface area contributed by atoms with Crippen molar-refractivity contribution in [3.8, 4) is 11.5 Å². The number of fused-ring (bicyclic) bond motifs is 1. The largest absolute Gasteiger partial charge is 0.486 e. The Labute approximate surface area is 143 Å². The topological polar surface area (TPSA) is 50.8 Å². The van der Waals surface area contributed by atoms with E-state index in [9.17, 15) is 4.79 Å². The molecular formula is C19H26N2O3. The van der Waals surface area contributed by atoms with Crippen LogP contribution in [0, 0.1) is 5.92 Å². The molecule has 1 saturated heterocycles. The third kappa shape index (κ3) is 4.74. The Hall–Kier alpha value is -2.01. The van der Waals surface area contributed by atoms with E-state index in [0.717, 1.165) is 42.6 Å². The van der Waals surface area contributed by atoms with Crippen molar-refractivity contribution in [2.24, 2.45) is 5.92 Å². The zero-order valence-electron chi connectivity index (χ0n) is 14.3. The normalized spacial score (nSPS) is 21.0. The summed E-state index contributed by atoms with van der Waals surface area (Å²) in [6.45, 7) is 7.35. The fraction of sp³-hybridized carbons (Fsp3) is 0.526. The maximum atomic E-state index is 11.9. The van der Waals surface area contributed by atoms with Crippen LogP contribution in [0.2, 0.25) is 0 Å². The second-order valence-electron chi connectivity index (χ2n) is 6.58. The van der Waals surface area contributed by atoms with Crippen LogP contribution in [0.25, 0.3) is 6.08 Å². The average Bonchev–Trinajstić information content (AvgIpc) is 2.60. The van der Waals surface area contributed by atoms with E-state index in [1.54, 1.807) is 12.2 Å². The molecule has 0 saturated carbocycles. The lowest BCUT2D eigenvalue weighted by molar-refractivity contribution is -0.116. The van der Waals surface area contributed by atoms with E-state index in [2.05, 4.69) is 17.1 Å². The highest BCUT2D eigenvalue weighted by Crippen LogP contribution is 2.31. The summed E-state index contributed by atoms with van der Waals surface area (Å²) in [6, 6.07) is 5.70. The standard InChI is InChI=1S/C19H26N2O3/c1-15-3-2-9-21(14-15)10-8-20-19(22)7-5-16-4-6-17-18(13-16)24-12-11-23-17/h4-7,13,15H,2-3,8-12,14H2,1H3,(H,20,22)/b7-5+. The van der Waals surface area contributed by atoms with Crippen LogP contribution >= 0.6 is 0 Å². The fourth-order valence-corrected chi connectivity index (χ4v) is 3.22. The van der Waals surface area contributed by atoms with Gasteiger partial charge in [0.1, 0.15) is 13.2 Å². The molecule has 2 aliphatic rings. The van der Waals surface area contributed by atoms with Crippen LogP contribution in [-0.4, -0.2) is 50.2 Å². The minimum atomic E-state index is -0.0602. The molecule has 24 heavy (non-hydrogen) atoms. The van der Waals surface area contributed by atoms with E-state index < -0.39 is 0 Å². The summed E-state index contributed by atoms with van der Waals surface area (Å²) in [4.78, 5) is 14.4. The predicted molar refractivity (Wildman–Crippen MR) is 94.3 cm³/mol. The fourth-order valence-electron chi connectivity index (χ4n) is 3.22. The zero-order chi connectivity index (χ0) is 16.8. The van der Waals surface area contributed by atoms with Gasteiger partial charge in [0.2, 0.25) is 5.91 Å². The Morgan fingerprint density at radius 2 is 2.17 bits per heavy atom. The van der Waals surface area contributed by atoms with Gasteiger partial charge < -0.3 is 19.7 Å². The van der Waals surface area contributed by atoms with Gasteiger partial charge in [0, 0.05) is 25.7 Å². The molecule has 1 atom stereocenters. The van der Waals surface area contributed by atoms with E-state index >= 15 is 0 Å². The summed E-state index contributed by atoms with van der Waals surface area (Å²) in [5, 5.41) is 2.95. The summed E-state index contributed by atoms with van der Waals surface area (Å²) in [7, 11) is 0. The van der Waals surface area contributed by atoms with Crippen LogP contribution in [0.5, 0.6) is 11.5 Å². The maximum absolute atomic E-state index is 11.9. The number of rotatable bonds is 5. The van der Waals surface area contributed by atoms with Crippen LogP contribution in [0.1, 0.15) is 25.3 Å². The van der Waals surface area contributed by atoms with Crippen molar-refractivity contribution in [3.05, 3.63) is 29.8 Å². The van der Waals surface area contributed by atoms with E-state index in [-0.39, 0.29) is 5.91 Å². The maximum Gasteiger partial charge on any atom is 0.244 e. The van der Waals surface area contributed by atoms with Crippen molar-refractivity contribution in [2.75, 3.05) is 39.4 Å². The van der Waals surface area contributed by atoms with Gasteiger partial charge in [-0.25, -0.2) is 0 Å². The smallest absolute Gasteiger partial charge is 0.244 e. The monoisotopic (exact) mass is 330 g/mol. The quantitative estimate of drug-likeness (QED) is 0.842. The number of ether oxygens (including phenoxy) is 2. The number of benzene rings is 1. The van der Waals surface area contributed by atoms with Gasteiger partial charge in [-0.1, -0.05) is 13.0 Å². The molecule has 1 N–H and O–H groups in total. The summed E-state index contributed by atoms with van der Waals surface area (Å²) in [5.41, 5.74) is 0.930. The Bertz CT molecular complexity index is 600. The summed E-state index contributed by atoms with van der Waals surface area (Å²) in [6.07, 6.45) is 5.96. The first kappa shape index (κ1) is 16.8. The molecule has 0 spiro atoms. The molecule has 0 bridgehead atoms. The van der Waals surface area contributed by atoms with E-state index in [0.29, 0.717) is 19.8 Å². The van der Waals surface area contributed by atoms with Crippen LogP contribution in [0.4, 0.5) is 0 Å². The van der Waals surface area contributed by atoms with Gasteiger partial charge in [0.25, 0.3) is 0 Å². The zero-order valence-corrected chi connectivity index (χ0v) is 14.3. The van der Waals surface area contributed by atoms with Crippen molar-refractivity contribution >= 4 is 12.0 Å². The molecule has 1 amide bonds. The van der Waals surface area contributed by atoms with Crippen molar-refractivity contribution < 1.29 is 14.3 Å². The Morgan fingerprint density at radius 3 is 3.00 bits per heavy atom. The van der Waals surface area contributed by atoms with Crippen molar-refractivity contribution in [1.82, 2.24) is 10.2 Å². The number of carbonyl (C=O) groups is 1. The molecule has 1 aromatic rings. The van der Waals surface area contributed by atoms with Gasteiger partial charge in [-0.2, -0.15) is 0 Å². The second kappa shape index (κ2) is 8.20. The van der Waals surface area contributed by atoms with E-state index in [1.165, 1.54) is 12.8 Å². The van der Waals surface area contributed by atoms with Gasteiger partial charge >= 0.3 is 0 Å². The number of hydrogen-bond acceptors (Lipinski definition) is 4. The molecule has 130 valence electrons. The highest BCUT2D eigenvalue weighted by molar-refractivity contribution is 5.91. The highest BCUT2D eigenvalue weighted by Gasteiger charge is 2.15. The number of likely N-dealkylation sites (tertiary alicyclic amines) is 1. The summed E-state index contributed by atoms with van der Waals surface area (Å²) in [5.74, 6) is 2.21. The molecular weight excluding hydrogens is 304 g/mol. The van der Waals surface area contributed by atoms with E-state index in [4.69, 9.17) is 9.47 Å². The van der Waals surface area contributed by atoms with Crippen molar-refractivity contribution in [1.29, 1.82) is 0 Å².